The molecule has 6 fully saturated rings. The second-order valence-corrected chi connectivity index (χ2v) is 13.4. The second kappa shape index (κ2) is 7.42. The van der Waals surface area contributed by atoms with Crippen LogP contribution >= 0.6 is 0 Å². The van der Waals surface area contributed by atoms with Crippen LogP contribution in [-0.2, 0) is 14.2 Å². The Labute approximate surface area is 195 Å². The van der Waals surface area contributed by atoms with Gasteiger partial charge in [0.15, 0.2) is 5.79 Å². The minimum Gasteiger partial charge on any atom is -0.387 e. The third kappa shape index (κ3) is 2.82. The van der Waals surface area contributed by atoms with E-state index in [0.29, 0.717) is 35.4 Å². The molecule has 0 bridgehead atoms. The Balaban J connectivity index is 1.25. The van der Waals surface area contributed by atoms with Crippen LogP contribution in [0.25, 0.3) is 0 Å². The molecule has 0 aromatic heterocycles. The molecule has 6 rings (SSSR count). The summed E-state index contributed by atoms with van der Waals surface area (Å²) in [4.78, 5) is 0. The summed E-state index contributed by atoms with van der Waals surface area (Å²) in [5.74, 6) is 3.79. The third-order valence-corrected chi connectivity index (χ3v) is 12.2. The van der Waals surface area contributed by atoms with Gasteiger partial charge in [-0.15, -0.1) is 0 Å². The van der Waals surface area contributed by atoms with Crippen molar-refractivity contribution in [3.8, 4) is 0 Å². The summed E-state index contributed by atoms with van der Waals surface area (Å²) in [7, 11) is 1.91. The summed E-state index contributed by atoms with van der Waals surface area (Å²) in [6.45, 7) is 10.4. The van der Waals surface area contributed by atoms with Gasteiger partial charge in [0.25, 0.3) is 0 Å². The van der Waals surface area contributed by atoms with Crippen LogP contribution in [0.1, 0.15) is 85.5 Å². The van der Waals surface area contributed by atoms with E-state index in [1.807, 2.05) is 7.11 Å². The number of hydrogen-bond acceptors (Lipinski definition) is 4. The molecule has 0 unspecified atom stereocenters. The molecule has 2 aliphatic heterocycles. The zero-order chi connectivity index (χ0) is 22.5. The highest BCUT2D eigenvalue weighted by Gasteiger charge is 2.70. The molecule has 1 N–H and O–H groups in total. The van der Waals surface area contributed by atoms with Crippen LogP contribution in [0.4, 0.5) is 0 Å². The molecule has 0 aromatic carbocycles. The summed E-state index contributed by atoms with van der Waals surface area (Å²) < 4.78 is 18.9. The lowest BCUT2D eigenvalue weighted by atomic mass is 9.44. The molecular weight excluding hydrogens is 400 g/mol. The lowest BCUT2D eigenvalue weighted by molar-refractivity contribution is -0.316. The zero-order valence-electron chi connectivity index (χ0n) is 21.0. The van der Waals surface area contributed by atoms with Crippen LogP contribution in [0, 0.1) is 52.3 Å². The average molecular weight is 447 g/mol. The van der Waals surface area contributed by atoms with Crippen molar-refractivity contribution in [2.24, 2.45) is 52.3 Å². The molecule has 1 spiro atoms. The Morgan fingerprint density at radius 2 is 1.69 bits per heavy atom. The first-order valence-electron chi connectivity index (χ1n) is 13.8. The Morgan fingerprint density at radius 3 is 2.44 bits per heavy atom. The van der Waals surface area contributed by atoms with Gasteiger partial charge in [-0.1, -0.05) is 27.7 Å². The van der Waals surface area contributed by atoms with Gasteiger partial charge >= 0.3 is 0 Å². The van der Waals surface area contributed by atoms with Gasteiger partial charge in [-0.3, -0.25) is 0 Å². The number of methoxy groups -OCH3 is 1. The van der Waals surface area contributed by atoms with Crippen LogP contribution in [-0.4, -0.2) is 42.9 Å². The first-order valence-corrected chi connectivity index (χ1v) is 13.8. The van der Waals surface area contributed by atoms with Gasteiger partial charge in [0.2, 0.25) is 0 Å². The topological polar surface area (TPSA) is 47.9 Å². The smallest absolute Gasteiger partial charge is 0.197 e. The maximum absolute atomic E-state index is 11.1. The molecule has 2 heterocycles. The van der Waals surface area contributed by atoms with E-state index >= 15 is 0 Å². The van der Waals surface area contributed by atoms with E-state index in [2.05, 4.69) is 27.7 Å². The van der Waals surface area contributed by atoms with Crippen molar-refractivity contribution in [1.29, 1.82) is 0 Å². The Morgan fingerprint density at radius 1 is 0.906 bits per heavy atom. The van der Waals surface area contributed by atoms with Crippen LogP contribution in [0.2, 0.25) is 0 Å². The Bertz CT molecular complexity index is 741. The van der Waals surface area contributed by atoms with Crippen LogP contribution in [0.5, 0.6) is 0 Å². The molecule has 13 atom stereocenters. The molecule has 182 valence electrons. The second-order valence-electron chi connectivity index (χ2n) is 13.4. The predicted molar refractivity (Wildman–Crippen MR) is 124 cm³/mol. The van der Waals surface area contributed by atoms with E-state index < -0.39 is 11.9 Å². The molecule has 32 heavy (non-hydrogen) atoms. The standard InChI is InChI=1S/C28H46O4/c1-16-12-24(29)28(31-15-16)17(2)25-23(32-28)14-22-20-7-6-18-13-19(30-5)8-10-26(18,3)21(20)9-11-27(22,25)4/h16-25,29H,6-15H2,1-5H3/t16-,17+,18+,19+,20-,21+,22+,23+,24-,25+,26+,27+,28+/m1/s1. The van der Waals surface area contributed by atoms with Gasteiger partial charge < -0.3 is 19.3 Å². The Kier molecular flexibility index (Phi) is 5.17. The number of aliphatic hydroxyl groups is 1. The summed E-state index contributed by atoms with van der Waals surface area (Å²) >= 11 is 0. The number of fused-ring (bicyclic) bond motifs is 7. The highest BCUT2D eigenvalue weighted by Crippen LogP contribution is 2.71. The minimum atomic E-state index is -0.755. The summed E-state index contributed by atoms with van der Waals surface area (Å²) in [5, 5.41) is 11.1. The van der Waals surface area contributed by atoms with E-state index in [-0.39, 0.29) is 12.0 Å². The fourth-order valence-corrected chi connectivity index (χ4v) is 10.6. The van der Waals surface area contributed by atoms with Crippen molar-refractivity contribution < 1.29 is 19.3 Å². The van der Waals surface area contributed by atoms with Gasteiger partial charge in [0.05, 0.1) is 18.8 Å². The molecular formula is C28H46O4. The highest BCUT2D eigenvalue weighted by molar-refractivity contribution is 5.16. The molecule has 4 heteroatoms. The van der Waals surface area contributed by atoms with Crippen LogP contribution < -0.4 is 0 Å². The van der Waals surface area contributed by atoms with Crippen LogP contribution in [0.3, 0.4) is 0 Å². The normalized spacial score (nSPS) is 61.7. The first-order chi connectivity index (χ1) is 15.2. The Hall–Kier alpha value is -0.160. The van der Waals surface area contributed by atoms with Crippen molar-refractivity contribution in [2.75, 3.05) is 13.7 Å². The van der Waals surface area contributed by atoms with E-state index in [0.717, 1.165) is 30.1 Å². The van der Waals surface area contributed by atoms with Crippen molar-refractivity contribution in [3.05, 3.63) is 0 Å². The maximum atomic E-state index is 11.1. The summed E-state index contributed by atoms with van der Waals surface area (Å²) in [6, 6.07) is 0. The SMILES string of the molecule is CO[C@H]1CC[C@@]2(C)[C@@H](CC[C@@H]3[C@@H]2CC[C@]2(C)[C@@H]4[C@H](C[C@@H]32)O[C@@]2(OC[C@H](C)C[C@H]2O)[C@H]4C)C1. The van der Waals surface area contributed by atoms with Gasteiger partial charge in [0.1, 0.15) is 6.10 Å². The molecule has 6 aliphatic rings. The predicted octanol–water partition coefficient (Wildman–Crippen LogP) is 5.42. The van der Waals surface area contributed by atoms with Crippen molar-refractivity contribution in [3.63, 3.8) is 0 Å². The monoisotopic (exact) mass is 446 g/mol. The largest absolute Gasteiger partial charge is 0.387 e. The van der Waals surface area contributed by atoms with E-state index in [9.17, 15) is 5.11 Å². The van der Waals surface area contributed by atoms with Crippen molar-refractivity contribution >= 4 is 0 Å². The number of aliphatic hydroxyl groups excluding tert-OH is 1. The van der Waals surface area contributed by atoms with Gasteiger partial charge in [-0.05, 0) is 104 Å². The zero-order valence-corrected chi connectivity index (χ0v) is 21.0. The molecule has 4 saturated carbocycles. The lowest BCUT2D eigenvalue weighted by Gasteiger charge is -2.61. The van der Waals surface area contributed by atoms with E-state index in [1.165, 1.54) is 51.4 Å². The summed E-state index contributed by atoms with van der Waals surface area (Å²) in [6.07, 6.45) is 11.6. The van der Waals surface area contributed by atoms with Crippen LogP contribution in [0.15, 0.2) is 0 Å². The van der Waals surface area contributed by atoms with E-state index in [4.69, 9.17) is 14.2 Å². The quantitative estimate of drug-likeness (QED) is 0.584. The molecule has 2 saturated heterocycles. The fourth-order valence-electron chi connectivity index (χ4n) is 10.6. The molecule has 0 aromatic rings. The van der Waals surface area contributed by atoms with Crippen molar-refractivity contribution in [1.82, 2.24) is 0 Å². The van der Waals surface area contributed by atoms with Crippen molar-refractivity contribution in [2.45, 2.75) is 110 Å². The van der Waals surface area contributed by atoms with Gasteiger partial charge in [-0.25, -0.2) is 0 Å². The van der Waals surface area contributed by atoms with Gasteiger partial charge in [0, 0.05) is 13.0 Å². The number of rotatable bonds is 1. The van der Waals surface area contributed by atoms with Gasteiger partial charge in [-0.2, -0.15) is 0 Å². The maximum Gasteiger partial charge on any atom is 0.197 e. The lowest BCUT2D eigenvalue weighted by Crippen LogP contribution is -2.57. The summed E-state index contributed by atoms with van der Waals surface area (Å²) in [5.41, 5.74) is 0.831. The molecule has 0 radical (unpaired) electrons. The first kappa shape index (κ1) is 22.3. The molecule has 4 aliphatic carbocycles. The fraction of sp³-hybridized carbons (Fsp3) is 1.00. The highest BCUT2D eigenvalue weighted by atomic mass is 16.7. The van der Waals surface area contributed by atoms with E-state index in [1.54, 1.807) is 0 Å². The third-order valence-electron chi connectivity index (χ3n) is 12.2. The number of ether oxygens (including phenoxy) is 3. The molecule has 4 nitrogen and oxygen atoms in total. The average Bonchev–Trinajstić information content (AvgIpc) is 3.22. The minimum absolute atomic E-state index is 0.261. The molecule has 0 amide bonds. The number of hydrogen-bond donors (Lipinski definition) is 1.